The zero-order valence-electron chi connectivity index (χ0n) is 16.4. The van der Waals surface area contributed by atoms with E-state index in [2.05, 4.69) is 26.0 Å². The molecule has 8 heteroatoms. The van der Waals surface area contributed by atoms with Crippen molar-refractivity contribution in [2.45, 2.75) is 57.5 Å². The molecule has 0 unspecified atom stereocenters. The molecule has 4 amide bonds. The van der Waals surface area contributed by atoms with Crippen molar-refractivity contribution in [3.05, 3.63) is 29.8 Å². The molecule has 0 heterocycles. The first-order valence-corrected chi connectivity index (χ1v) is 9.82. The van der Waals surface area contributed by atoms with Crippen molar-refractivity contribution in [1.82, 2.24) is 16.0 Å². The normalized spacial score (nSPS) is 14.0. The van der Waals surface area contributed by atoms with E-state index >= 15 is 0 Å². The van der Waals surface area contributed by atoms with Crippen molar-refractivity contribution in [2.75, 3.05) is 19.0 Å². The number of anilines is 1. The summed E-state index contributed by atoms with van der Waals surface area (Å²) in [4.78, 5) is 34.9. The highest BCUT2D eigenvalue weighted by atomic mass is 16.5. The molecule has 0 atom stereocenters. The fraction of sp³-hybridized carbons (Fsp3) is 0.550. The van der Waals surface area contributed by atoms with Gasteiger partial charge < -0.3 is 20.7 Å². The lowest BCUT2D eigenvalue weighted by molar-refractivity contribution is -0.121. The molecule has 0 bridgehead atoms. The number of benzene rings is 1. The Morgan fingerprint density at radius 3 is 2.43 bits per heavy atom. The van der Waals surface area contributed by atoms with E-state index in [0.29, 0.717) is 31.6 Å². The van der Waals surface area contributed by atoms with E-state index in [1.54, 1.807) is 12.1 Å². The number of ether oxygens (including phenoxy) is 1. The van der Waals surface area contributed by atoms with Crippen molar-refractivity contribution >= 4 is 23.7 Å². The van der Waals surface area contributed by atoms with Crippen LogP contribution in [0.1, 0.15) is 50.5 Å². The van der Waals surface area contributed by atoms with Gasteiger partial charge in [-0.05, 0) is 37.0 Å². The van der Waals surface area contributed by atoms with E-state index < -0.39 is 6.09 Å². The highest BCUT2D eigenvalue weighted by Gasteiger charge is 2.15. The molecular formula is C20H30N4O4. The first kappa shape index (κ1) is 21.5. The van der Waals surface area contributed by atoms with Crippen LogP contribution < -0.4 is 21.3 Å². The Bertz CT molecular complexity index is 642. The number of urea groups is 1. The lowest BCUT2D eigenvalue weighted by Gasteiger charge is -2.22. The Balaban J connectivity index is 1.56. The van der Waals surface area contributed by atoms with E-state index in [1.165, 1.54) is 26.4 Å². The molecule has 28 heavy (non-hydrogen) atoms. The molecule has 2 rings (SSSR count). The van der Waals surface area contributed by atoms with Crippen LogP contribution in [0, 0.1) is 0 Å². The Kier molecular flexibility index (Phi) is 9.10. The minimum atomic E-state index is -0.526. The fourth-order valence-electron chi connectivity index (χ4n) is 3.10. The first-order chi connectivity index (χ1) is 13.6. The van der Waals surface area contributed by atoms with Gasteiger partial charge in [0.15, 0.2) is 0 Å². The summed E-state index contributed by atoms with van der Waals surface area (Å²) in [6.45, 7) is 0.882. The van der Waals surface area contributed by atoms with Crippen LogP contribution in [0.4, 0.5) is 15.3 Å². The van der Waals surface area contributed by atoms with Crippen molar-refractivity contribution in [3.63, 3.8) is 0 Å². The standard InChI is InChI=1S/C20H30N4O4/c1-28-20(27)24-17-11-9-15(10-12-17)14-22-18(25)8-5-13-21-19(26)23-16-6-3-2-4-7-16/h9-12,16H,2-8,13-14H2,1H3,(H,22,25)(H,24,27)(H2,21,23,26). The molecule has 0 aliphatic heterocycles. The van der Waals surface area contributed by atoms with Gasteiger partial charge in [0, 0.05) is 31.2 Å². The van der Waals surface area contributed by atoms with Crippen LogP contribution in [-0.2, 0) is 16.1 Å². The van der Waals surface area contributed by atoms with Crippen LogP contribution in [0.3, 0.4) is 0 Å². The van der Waals surface area contributed by atoms with Crippen LogP contribution in [0.25, 0.3) is 0 Å². The van der Waals surface area contributed by atoms with Crippen LogP contribution in [0.5, 0.6) is 0 Å². The van der Waals surface area contributed by atoms with Gasteiger partial charge in [-0.2, -0.15) is 0 Å². The predicted molar refractivity (Wildman–Crippen MR) is 107 cm³/mol. The third-order valence-corrected chi connectivity index (χ3v) is 4.68. The summed E-state index contributed by atoms with van der Waals surface area (Å²) < 4.78 is 4.53. The van der Waals surface area contributed by atoms with Crippen molar-refractivity contribution < 1.29 is 19.1 Å². The third kappa shape index (κ3) is 8.28. The molecule has 1 aromatic rings. The monoisotopic (exact) mass is 390 g/mol. The van der Waals surface area contributed by atoms with Gasteiger partial charge in [-0.25, -0.2) is 9.59 Å². The minimum Gasteiger partial charge on any atom is -0.453 e. The lowest BCUT2D eigenvalue weighted by Crippen LogP contribution is -2.43. The molecule has 4 N–H and O–H groups in total. The molecule has 1 aromatic carbocycles. The summed E-state index contributed by atoms with van der Waals surface area (Å²) in [7, 11) is 1.30. The Labute approximate surface area is 165 Å². The van der Waals surface area contributed by atoms with Gasteiger partial charge in [0.1, 0.15) is 0 Å². The second-order valence-electron chi connectivity index (χ2n) is 6.93. The maximum atomic E-state index is 11.9. The van der Waals surface area contributed by atoms with Gasteiger partial charge in [-0.15, -0.1) is 0 Å². The van der Waals surface area contributed by atoms with Gasteiger partial charge >= 0.3 is 12.1 Å². The second-order valence-corrected chi connectivity index (χ2v) is 6.93. The Morgan fingerprint density at radius 1 is 1.04 bits per heavy atom. The number of hydrogen-bond acceptors (Lipinski definition) is 4. The summed E-state index contributed by atoms with van der Waals surface area (Å²) in [6.07, 6.45) is 6.12. The molecule has 0 saturated heterocycles. The van der Waals surface area contributed by atoms with Crippen LogP contribution >= 0.6 is 0 Å². The van der Waals surface area contributed by atoms with Gasteiger partial charge in [-0.3, -0.25) is 10.1 Å². The van der Waals surface area contributed by atoms with Gasteiger partial charge in [-0.1, -0.05) is 31.4 Å². The second kappa shape index (κ2) is 11.8. The molecule has 1 saturated carbocycles. The van der Waals surface area contributed by atoms with Crippen LogP contribution in [0.15, 0.2) is 24.3 Å². The van der Waals surface area contributed by atoms with Gasteiger partial charge in [0.05, 0.1) is 7.11 Å². The number of methoxy groups -OCH3 is 1. The molecule has 1 aliphatic carbocycles. The first-order valence-electron chi connectivity index (χ1n) is 9.82. The summed E-state index contributed by atoms with van der Waals surface area (Å²) in [5, 5.41) is 11.2. The number of rotatable bonds is 8. The molecule has 8 nitrogen and oxygen atoms in total. The lowest BCUT2D eigenvalue weighted by atomic mass is 9.96. The molecular weight excluding hydrogens is 360 g/mol. The topological polar surface area (TPSA) is 109 Å². The number of carbonyl (C=O) groups excluding carboxylic acids is 3. The third-order valence-electron chi connectivity index (χ3n) is 4.68. The average molecular weight is 390 g/mol. The van der Waals surface area contributed by atoms with Crippen LogP contribution in [0.2, 0.25) is 0 Å². The van der Waals surface area contributed by atoms with Crippen molar-refractivity contribution in [2.24, 2.45) is 0 Å². The summed E-state index contributed by atoms with van der Waals surface area (Å²) >= 11 is 0. The van der Waals surface area contributed by atoms with E-state index in [0.717, 1.165) is 18.4 Å². The highest BCUT2D eigenvalue weighted by Crippen LogP contribution is 2.17. The molecule has 0 spiro atoms. The zero-order chi connectivity index (χ0) is 20.2. The molecule has 154 valence electrons. The van der Waals surface area contributed by atoms with E-state index in [-0.39, 0.29) is 18.0 Å². The zero-order valence-corrected chi connectivity index (χ0v) is 16.4. The van der Waals surface area contributed by atoms with Gasteiger partial charge in [0.25, 0.3) is 0 Å². The molecule has 1 fully saturated rings. The maximum Gasteiger partial charge on any atom is 0.411 e. The molecule has 1 aliphatic rings. The largest absolute Gasteiger partial charge is 0.453 e. The Hall–Kier alpha value is -2.77. The quantitative estimate of drug-likeness (QED) is 0.512. The number of amides is 4. The average Bonchev–Trinajstić information content (AvgIpc) is 2.71. The highest BCUT2D eigenvalue weighted by molar-refractivity contribution is 5.84. The summed E-state index contributed by atoms with van der Waals surface area (Å²) in [5.74, 6) is -0.0637. The number of hydrogen-bond donors (Lipinski definition) is 4. The maximum absolute atomic E-state index is 11.9. The van der Waals surface area contributed by atoms with E-state index in [4.69, 9.17) is 0 Å². The van der Waals surface area contributed by atoms with Crippen molar-refractivity contribution in [1.29, 1.82) is 0 Å². The number of carbonyl (C=O) groups is 3. The van der Waals surface area contributed by atoms with Crippen LogP contribution in [-0.4, -0.2) is 37.7 Å². The number of nitrogens with one attached hydrogen (secondary N) is 4. The molecule has 0 aromatic heterocycles. The van der Waals surface area contributed by atoms with Crippen molar-refractivity contribution in [3.8, 4) is 0 Å². The summed E-state index contributed by atoms with van der Waals surface area (Å²) in [6, 6.07) is 7.27. The predicted octanol–water partition coefficient (Wildman–Crippen LogP) is 2.89. The fourth-order valence-corrected chi connectivity index (χ4v) is 3.10. The Morgan fingerprint density at radius 2 is 1.75 bits per heavy atom. The minimum absolute atomic E-state index is 0.0637. The van der Waals surface area contributed by atoms with E-state index in [1.807, 2.05) is 12.1 Å². The van der Waals surface area contributed by atoms with Gasteiger partial charge in [0.2, 0.25) is 5.91 Å². The smallest absolute Gasteiger partial charge is 0.411 e. The van der Waals surface area contributed by atoms with E-state index in [9.17, 15) is 14.4 Å². The summed E-state index contributed by atoms with van der Waals surface area (Å²) in [5.41, 5.74) is 1.55. The SMILES string of the molecule is COC(=O)Nc1ccc(CNC(=O)CCCNC(=O)NC2CCCCC2)cc1. The molecule has 0 radical (unpaired) electrons.